The van der Waals surface area contributed by atoms with Gasteiger partial charge in [-0.1, -0.05) is 0 Å². The van der Waals surface area contributed by atoms with Crippen LogP contribution in [-0.2, 0) is 19.1 Å². The number of nitrogens with zero attached hydrogens (tertiary/aromatic N) is 2. The summed E-state index contributed by atoms with van der Waals surface area (Å²) in [7, 11) is 0. The van der Waals surface area contributed by atoms with Gasteiger partial charge in [-0.05, 0) is 12.8 Å². The summed E-state index contributed by atoms with van der Waals surface area (Å²) in [5.41, 5.74) is 0. The van der Waals surface area contributed by atoms with Gasteiger partial charge in [0.05, 0.1) is 13.2 Å². The van der Waals surface area contributed by atoms with Gasteiger partial charge in [-0.15, -0.1) is 0 Å². The van der Waals surface area contributed by atoms with E-state index in [1.54, 1.807) is 11.8 Å². The molecule has 0 bridgehead atoms. The molecule has 0 atom stereocenters. The van der Waals surface area contributed by atoms with E-state index < -0.39 is 0 Å². The minimum absolute atomic E-state index is 0.0542. The molecule has 0 saturated carbocycles. The van der Waals surface area contributed by atoms with Gasteiger partial charge < -0.3 is 19.7 Å². The van der Waals surface area contributed by atoms with Crippen LogP contribution < -0.4 is 5.32 Å². The maximum Gasteiger partial charge on any atom is 0.223 e. The van der Waals surface area contributed by atoms with Gasteiger partial charge >= 0.3 is 0 Å². The number of morpholine rings is 1. The number of hydrogen-bond acceptors (Lipinski definition) is 5. The Labute approximate surface area is 138 Å². The van der Waals surface area contributed by atoms with E-state index in [0.717, 1.165) is 45.7 Å². The van der Waals surface area contributed by atoms with Gasteiger partial charge in [-0.2, -0.15) is 0 Å². The molecule has 2 rings (SSSR count). The van der Waals surface area contributed by atoms with Crippen LogP contribution >= 0.6 is 0 Å². The third kappa shape index (κ3) is 6.45. The Bertz CT molecular complexity index is 380. The zero-order valence-electron chi connectivity index (χ0n) is 14.1. The van der Waals surface area contributed by atoms with Crippen LogP contribution in [-0.4, -0.2) is 87.3 Å². The number of nitrogens with one attached hydrogen (secondary N) is 1. The summed E-state index contributed by atoms with van der Waals surface area (Å²) < 4.78 is 10.6. The smallest absolute Gasteiger partial charge is 0.223 e. The number of hydrogen-bond donors (Lipinski definition) is 1. The topological polar surface area (TPSA) is 71.1 Å². The van der Waals surface area contributed by atoms with E-state index in [-0.39, 0.29) is 17.7 Å². The zero-order chi connectivity index (χ0) is 16.5. The highest BCUT2D eigenvalue weighted by molar-refractivity contribution is 5.78. The number of rotatable bonds is 7. The van der Waals surface area contributed by atoms with Crippen molar-refractivity contribution >= 4 is 11.8 Å². The molecule has 7 nitrogen and oxygen atoms in total. The van der Waals surface area contributed by atoms with Gasteiger partial charge in [0, 0.05) is 65.3 Å². The van der Waals surface area contributed by atoms with Gasteiger partial charge in [0.15, 0.2) is 0 Å². The summed E-state index contributed by atoms with van der Waals surface area (Å²) in [6, 6.07) is 0. The molecule has 2 saturated heterocycles. The van der Waals surface area contributed by atoms with Crippen LogP contribution in [0.15, 0.2) is 0 Å². The molecular formula is C16H29N3O4. The van der Waals surface area contributed by atoms with Gasteiger partial charge in [-0.3, -0.25) is 14.5 Å². The van der Waals surface area contributed by atoms with E-state index >= 15 is 0 Å². The molecule has 0 aromatic carbocycles. The SMILES string of the molecule is CC(=O)N(CCNC(=O)C1CCOCC1)CCN1CCOCC1. The first-order valence-corrected chi connectivity index (χ1v) is 8.58. The molecule has 1 N–H and O–H groups in total. The normalized spacial score (nSPS) is 20.2. The first-order valence-electron chi connectivity index (χ1n) is 8.58. The maximum atomic E-state index is 12.1. The van der Waals surface area contributed by atoms with Crippen LogP contribution in [0, 0.1) is 5.92 Å². The minimum Gasteiger partial charge on any atom is -0.381 e. The molecule has 132 valence electrons. The van der Waals surface area contributed by atoms with Crippen LogP contribution in [0.3, 0.4) is 0 Å². The number of carbonyl (C=O) groups excluding carboxylic acids is 2. The fraction of sp³-hybridized carbons (Fsp3) is 0.875. The molecule has 0 aromatic heterocycles. The maximum absolute atomic E-state index is 12.1. The largest absolute Gasteiger partial charge is 0.381 e. The second-order valence-corrected chi connectivity index (χ2v) is 6.14. The fourth-order valence-corrected chi connectivity index (χ4v) is 2.93. The molecule has 0 radical (unpaired) electrons. The van der Waals surface area contributed by atoms with Crippen molar-refractivity contribution in [2.75, 3.05) is 65.7 Å². The molecule has 0 unspecified atom stereocenters. The summed E-state index contributed by atoms with van der Waals surface area (Å²) in [6.45, 7) is 8.92. The number of amides is 2. The first kappa shape index (κ1) is 18.2. The van der Waals surface area contributed by atoms with E-state index in [1.807, 2.05) is 0 Å². The Kier molecular flexibility index (Phi) is 7.78. The van der Waals surface area contributed by atoms with Crippen LogP contribution in [0.1, 0.15) is 19.8 Å². The highest BCUT2D eigenvalue weighted by Crippen LogP contribution is 2.14. The van der Waals surface area contributed by atoms with E-state index in [9.17, 15) is 9.59 Å². The highest BCUT2D eigenvalue weighted by Gasteiger charge is 2.21. The van der Waals surface area contributed by atoms with Crippen molar-refractivity contribution in [2.45, 2.75) is 19.8 Å². The van der Waals surface area contributed by atoms with Crippen molar-refractivity contribution in [3.63, 3.8) is 0 Å². The summed E-state index contributed by atoms with van der Waals surface area (Å²) in [4.78, 5) is 27.9. The Balaban J connectivity index is 1.65. The molecule has 2 heterocycles. The lowest BCUT2D eigenvalue weighted by molar-refractivity contribution is -0.131. The first-order chi connectivity index (χ1) is 11.2. The molecule has 0 spiro atoms. The second kappa shape index (κ2) is 9.85. The van der Waals surface area contributed by atoms with Crippen LogP contribution in [0.2, 0.25) is 0 Å². The van der Waals surface area contributed by atoms with Gasteiger partial charge in [0.2, 0.25) is 11.8 Å². The quantitative estimate of drug-likeness (QED) is 0.696. The lowest BCUT2D eigenvalue weighted by atomic mass is 9.99. The van der Waals surface area contributed by atoms with Crippen molar-refractivity contribution in [3.05, 3.63) is 0 Å². The monoisotopic (exact) mass is 327 g/mol. The third-order valence-corrected chi connectivity index (χ3v) is 4.51. The molecule has 0 aliphatic carbocycles. The molecule has 2 fully saturated rings. The van der Waals surface area contributed by atoms with E-state index in [0.29, 0.717) is 32.8 Å². The van der Waals surface area contributed by atoms with Crippen molar-refractivity contribution in [3.8, 4) is 0 Å². The van der Waals surface area contributed by atoms with Crippen LogP contribution in [0.25, 0.3) is 0 Å². The minimum atomic E-state index is 0.0542. The molecular weight excluding hydrogens is 298 g/mol. The summed E-state index contributed by atoms with van der Waals surface area (Å²) in [5, 5.41) is 2.95. The molecule has 2 amide bonds. The fourth-order valence-electron chi connectivity index (χ4n) is 2.93. The average Bonchev–Trinajstić information content (AvgIpc) is 2.59. The zero-order valence-corrected chi connectivity index (χ0v) is 14.1. The molecule has 7 heteroatoms. The Morgan fingerprint density at radius 2 is 1.74 bits per heavy atom. The summed E-state index contributed by atoms with van der Waals surface area (Å²) in [6.07, 6.45) is 1.58. The molecule has 2 aliphatic rings. The number of ether oxygens (including phenoxy) is 2. The van der Waals surface area contributed by atoms with Crippen LogP contribution in [0.5, 0.6) is 0 Å². The Morgan fingerprint density at radius 1 is 1.09 bits per heavy atom. The summed E-state index contributed by atoms with van der Waals surface area (Å²) >= 11 is 0. The second-order valence-electron chi connectivity index (χ2n) is 6.14. The molecule has 0 aromatic rings. The lowest BCUT2D eigenvalue weighted by Crippen LogP contribution is -2.45. The third-order valence-electron chi connectivity index (χ3n) is 4.51. The summed E-state index contributed by atoms with van der Waals surface area (Å²) in [5.74, 6) is 0.200. The number of carbonyl (C=O) groups is 2. The van der Waals surface area contributed by atoms with E-state index in [1.165, 1.54) is 0 Å². The predicted molar refractivity (Wildman–Crippen MR) is 86.1 cm³/mol. The van der Waals surface area contributed by atoms with Gasteiger partial charge in [0.25, 0.3) is 0 Å². The van der Waals surface area contributed by atoms with Crippen molar-refractivity contribution in [2.24, 2.45) is 5.92 Å². The predicted octanol–water partition coefficient (Wildman–Crippen LogP) is -0.290. The standard InChI is InChI=1S/C16H29N3O4/c1-14(20)19(7-6-18-8-12-23-13-9-18)5-4-17-16(21)15-2-10-22-11-3-15/h15H,2-13H2,1H3,(H,17,21). The Morgan fingerprint density at radius 3 is 2.39 bits per heavy atom. The molecule has 23 heavy (non-hydrogen) atoms. The lowest BCUT2D eigenvalue weighted by Gasteiger charge is -2.30. The van der Waals surface area contributed by atoms with Crippen LogP contribution in [0.4, 0.5) is 0 Å². The van der Waals surface area contributed by atoms with Crippen molar-refractivity contribution in [1.82, 2.24) is 15.1 Å². The molecule has 2 aliphatic heterocycles. The van der Waals surface area contributed by atoms with E-state index in [2.05, 4.69) is 10.2 Å². The van der Waals surface area contributed by atoms with Crippen molar-refractivity contribution < 1.29 is 19.1 Å². The van der Waals surface area contributed by atoms with Crippen molar-refractivity contribution in [1.29, 1.82) is 0 Å². The highest BCUT2D eigenvalue weighted by atomic mass is 16.5. The van der Waals surface area contributed by atoms with E-state index in [4.69, 9.17) is 9.47 Å². The van der Waals surface area contributed by atoms with Gasteiger partial charge in [-0.25, -0.2) is 0 Å². The Hall–Kier alpha value is -1.18. The average molecular weight is 327 g/mol. The van der Waals surface area contributed by atoms with Gasteiger partial charge in [0.1, 0.15) is 0 Å².